The van der Waals surface area contributed by atoms with Crippen molar-refractivity contribution in [3.63, 3.8) is 0 Å². The van der Waals surface area contributed by atoms with Crippen molar-refractivity contribution in [2.45, 2.75) is 6.42 Å². The largest absolute Gasteiger partial charge is 0.362 e. The van der Waals surface area contributed by atoms with Gasteiger partial charge in [-0.15, -0.1) is 11.3 Å². The first-order valence-electron chi connectivity index (χ1n) is 8.03. The van der Waals surface area contributed by atoms with Gasteiger partial charge in [0.2, 0.25) is 5.91 Å². The second-order valence-corrected chi connectivity index (χ2v) is 6.75. The van der Waals surface area contributed by atoms with E-state index in [1.165, 1.54) is 29.0 Å². The zero-order chi connectivity index (χ0) is 17.2. The first-order chi connectivity index (χ1) is 12.2. The smallest absolute Gasteiger partial charge is 0.245 e. The molecule has 0 aliphatic carbocycles. The van der Waals surface area contributed by atoms with Gasteiger partial charge in [-0.3, -0.25) is 4.79 Å². The van der Waals surface area contributed by atoms with Crippen molar-refractivity contribution >= 4 is 28.1 Å². The average molecular weight is 353 g/mol. The number of anilines is 2. The highest BCUT2D eigenvalue weighted by atomic mass is 32.1. The Labute approximate surface area is 148 Å². The van der Waals surface area contributed by atoms with Gasteiger partial charge in [-0.1, -0.05) is 18.2 Å². The first kappa shape index (κ1) is 15.8. The summed E-state index contributed by atoms with van der Waals surface area (Å²) in [5, 5.41) is 5.26. The minimum absolute atomic E-state index is 0.0864. The standard InChI is InChI=1S/C19H16FN3OS/c20-15-7-5-13(6-8-15)16-12-25-19(21-16)22-18(24)11-23-10-9-14-3-1-2-4-17(14)23/h1-8,12H,9-11H2,(H,21,22,24). The number of rotatable bonds is 4. The second-order valence-electron chi connectivity index (χ2n) is 5.89. The number of benzene rings is 2. The number of halogens is 1. The molecule has 2 aromatic carbocycles. The molecule has 1 amide bonds. The van der Waals surface area contributed by atoms with E-state index in [2.05, 4.69) is 21.3 Å². The summed E-state index contributed by atoms with van der Waals surface area (Å²) < 4.78 is 13.0. The van der Waals surface area contributed by atoms with Crippen LogP contribution in [-0.4, -0.2) is 24.0 Å². The molecular weight excluding hydrogens is 337 g/mol. The van der Waals surface area contributed by atoms with Gasteiger partial charge in [0.25, 0.3) is 0 Å². The molecule has 3 aromatic rings. The topological polar surface area (TPSA) is 45.2 Å². The summed E-state index contributed by atoms with van der Waals surface area (Å²) in [6, 6.07) is 14.3. The summed E-state index contributed by atoms with van der Waals surface area (Å²) in [5.41, 5.74) is 3.96. The molecule has 25 heavy (non-hydrogen) atoms. The van der Waals surface area contributed by atoms with Crippen molar-refractivity contribution in [1.29, 1.82) is 0 Å². The van der Waals surface area contributed by atoms with Crippen LogP contribution in [0.25, 0.3) is 11.3 Å². The van der Waals surface area contributed by atoms with Crippen molar-refractivity contribution in [2.24, 2.45) is 0 Å². The van der Waals surface area contributed by atoms with Crippen LogP contribution in [0.3, 0.4) is 0 Å². The molecule has 0 spiro atoms. The lowest BCUT2D eigenvalue weighted by atomic mass is 10.2. The summed E-state index contributed by atoms with van der Waals surface area (Å²) >= 11 is 1.37. The Morgan fingerprint density at radius 1 is 1.20 bits per heavy atom. The lowest BCUT2D eigenvalue weighted by Crippen LogP contribution is -2.31. The number of para-hydroxylation sites is 1. The third-order valence-electron chi connectivity index (χ3n) is 4.21. The minimum atomic E-state index is -0.279. The van der Waals surface area contributed by atoms with Gasteiger partial charge in [-0.25, -0.2) is 9.37 Å². The zero-order valence-electron chi connectivity index (χ0n) is 13.4. The summed E-state index contributed by atoms with van der Waals surface area (Å²) in [6.45, 7) is 1.16. The second kappa shape index (κ2) is 6.64. The van der Waals surface area contributed by atoms with E-state index >= 15 is 0 Å². The lowest BCUT2D eigenvalue weighted by molar-refractivity contribution is -0.115. The predicted molar refractivity (Wildman–Crippen MR) is 98.5 cm³/mol. The molecule has 0 saturated carbocycles. The number of nitrogens with zero attached hydrogens (tertiary/aromatic N) is 2. The van der Waals surface area contributed by atoms with Crippen molar-refractivity contribution < 1.29 is 9.18 Å². The quantitative estimate of drug-likeness (QED) is 0.772. The molecule has 6 heteroatoms. The number of thiazole rings is 1. The summed E-state index contributed by atoms with van der Waals surface area (Å²) in [4.78, 5) is 18.8. The van der Waals surface area contributed by atoms with E-state index in [0.717, 1.165) is 29.9 Å². The van der Waals surface area contributed by atoms with Gasteiger partial charge in [0.05, 0.1) is 12.2 Å². The van der Waals surface area contributed by atoms with Gasteiger partial charge in [0.1, 0.15) is 5.82 Å². The number of fused-ring (bicyclic) bond motifs is 1. The Balaban J connectivity index is 1.41. The van der Waals surface area contributed by atoms with Crippen LogP contribution < -0.4 is 10.2 Å². The maximum Gasteiger partial charge on any atom is 0.245 e. The van der Waals surface area contributed by atoms with Crippen molar-refractivity contribution in [1.82, 2.24) is 4.98 Å². The molecule has 4 nitrogen and oxygen atoms in total. The maximum absolute atomic E-state index is 13.0. The van der Waals surface area contributed by atoms with Gasteiger partial charge in [-0.05, 0) is 42.3 Å². The molecule has 0 radical (unpaired) electrons. The van der Waals surface area contributed by atoms with E-state index in [1.54, 1.807) is 12.1 Å². The molecule has 1 aliphatic rings. The van der Waals surface area contributed by atoms with Crippen LogP contribution in [0.1, 0.15) is 5.56 Å². The van der Waals surface area contributed by atoms with Crippen molar-refractivity contribution in [2.75, 3.05) is 23.3 Å². The number of nitrogens with one attached hydrogen (secondary N) is 1. The number of amides is 1. The van der Waals surface area contributed by atoms with E-state index in [4.69, 9.17) is 0 Å². The van der Waals surface area contributed by atoms with E-state index in [9.17, 15) is 9.18 Å². The number of hydrogen-bond donors (Lipinski definition) is 1. The number of carbonyl (C=O) groups is 1. The molecule has 126 valence electrons. The molecule has 1 N–H and O–H groups in total. The van der Waals surface area contributed by atoms with Crippen LogP contribution in [0.15, 0.2) is 53.9 Å². The normalized spacial score (nSPS) is 12.9. The fourth-order valence-corrected chi connectivity index (χ4v) is 3.72. The Morgan fingerprint density at radius 3 is 2.84 bits per heavy atom. The Morgan fingerprint density at radius 2 is 2.00 bits per heavy atom. The predicted octanol–water partition coefficient (Wildman–Crippen LogP) is 3.95. The molecular formula is C19H16FN3OS. The lowest BCUT2D eigenvalue weighted by Gasteiger charge is -2.18. The fourth-order valence-electron chi connectivity index (χ4n) is 2.99. The number of hydrogen-bond acceptors (Lipinski definition) is 4. The summed E-state index contributed by atoms with van der Waals surface area (Å²) in [5.74, 6) is -0.366. The van der Waals surface area contributed by atoms with Crippen LogP contribution in [0.2, 0.25) is 0 Å². The van der Waals surface area contributed by atoms with Crippen LogP contribution >= 0.6 is 11.3 Å². The SMILES string of the molecule is O=C(CN1CCc2ccccc21)Nc1nc(-c2ccc(F)cc2)cs1. The van der Waals surface area contributed by atoms with Crippen molar-refractivity contribution in [3.05, 3.63) is 65.3 Å². The fraction of sp³-hybridized carbons (Fsp3) is 0.158. The monoisotopic (exact) mass is 353 g/mol. The number of carbonyl (C=O) groups excluding carboxylic acids is 1. The van der Waals surface area contributed by atoms with Crippen molar-refractivity contribution in [3.8, 4) is 11.3 Å². The highest BCUT2D eigenvalue weighted by Gasteiger charge is 2.20. The van der Waals surface area contributed by atoms with Gasteiger partial charge in [-0.2, -0.15) is 0 Å². The van der Waals surface area contributed by atoms with Gasteiger partial charge >= 0.3 is 0 Å². The number of aromatic nitrogens is 1. The Kier molecular flexibility index (Phi) is 4.19. The van der Waals surface area contributed by atoms with E-state index < -0.39 is 0 Å². The molecule has 0 fully saturated rings. The van der Waals surface area contributed by atoms with E-state index in [1.807, 2.05) is 23.6 Å². The molecule has 1 aromatic heterocycles. The van der Waals surface area contributed by atoms with E-state index in [0.29, 0.717) is 11.7 Å². The summed E-state index contributed by atoms with van der Waals surface area (Å²) in [6.07, 6.45) is 0.968. The first-order valence-corrected chi connectivity index (χ1v) is 8.91. The zero-order valence-corrected chi connectivity index (χ0v) is 14.2. The van der Waals surface area contributed by atoms with Crippen LogP contribution in [0.5, 0.6) is 0 Å². The molecule has 0 atom stereocenters. The highest BCUT2D eigenvalue weighted by molar-refractivity contribution is 7.14. The Bertz CT molecular complexity index is 907. The van der Waals surface area contributed by atoms with Crippen LogP contribution in [-0.2, 0) is 11.2 Å². The van der Waals surface area contributed by atoms with Gasteiger partial charge in [0, 0.05) is 23.2 Å². The highest BCUT2D eigenvalue weighted by Crippen LogP contribution is 2.28. The van der Waals surface area contributed by atoms with Crippen LogP contribution in [0.4, 0.5) is 15.2 Å². The Hall–Kier alpha value is -2.73. The molecule has 0 saturated heterocycles. The average Bonchev–Trinajstić information content (AvgIpc) is 3.23. The summed E-state index contributed by atoms with van der Waals surface area (Å²) in [7, 11) is 0. The van der Waals surface area contributed by atoms with Gasteiger partial charge < -0.3 is 10.2 Å². The minimum Gasteiger partial charge on any atom is -0.362 e. The molecule has 0 unspecified atom stereocenters. The molecule has 0 bridgehead atoms. The third-order valence-corrected chi connectivity index (χ3v) is 4.97. The van der Waals surface area contributed by atoms with Crippen LogP contribution in [0, 0.1) is 5.82 Å². The van der Waals surface area contributed by atoms with Gasteiger partial charge in [0.15, 0.2) is 5.13 Å². The molecule has 4 rings (SSSR count). The maximum atomic E-state index is 13.0. The molecule has 1 aliphatic heterocycles. The third kappa shape index (κ3) is 3.39. The molecule has 2 heterocycles. The van der Waals surface area contributed by atoms with E-state index in [-0.39, 0.29) is 11.7 Å².